The molecule has 0 bridgehead atoms. The third kappa shape index (κ3) is 3.16. The minimum atomic E-state index is -3.73. The molecule has 0 unspecified atom stereocenters. The van der Waals surface area contributed by atoms with Gasteiger partial charge in [-0.3, -0.25) is 4.98 Å². The van der Waals surface area contributed by atoms with Gasteiger partial charge in [0.15, 0.2) is 14.7 Å². The molecule has 0 saturated carbocycles. The van der Waals surface area contributed by atoms with Crippen LogP contribution in [0.5, 0.6) is 0 Å². The van der Waals surface area contributed by atoms with Gasteiger partial charge in [0.05, 0.1) is 0 Å². The van der Waals surface area contributed by atoms with E-state index in [9.17, 15) is 13.2 Å². The number of rotatable bonds is 3. The second-order valence-electron chi connectivity index (χ2n) is 3.32. The number of aliphatic carboxylic acids is 1. The Balaban J connectivity index is 3.29. The second kappa shape index (κ2) is 4.44. The molecule has 0 atom stereocenters. The summed E-state index contributed by atoms with van der Waals surface area (Å²) in [4.78, 5) is 14.1. The molecule has 0 aromatic carbocycles. The number of carboxylic acids is 1. The summed E-state index contributed by atoms with van der Waals surface area (Å²) in [6.45, 7) is 1.73. The lowest BCUT2D eigenvalue weighted by Gasteiger charge is -2.00. The number of carbonyl (C=O) groups is 1. The van der Waals surface area contributed by atoms with Crippen LogP contribution in [0.25, 0.3) is 6.08 Å². The molecule has 1 aromatic rings. The summed E-state index contributed by atoms with van der Waals surface area (Å²) in [6.07, 6.45) is 3.47. The average Bonchev–Trinajstić information content (AvgIpc) is 2.12. The first-order chi connectivity index (χ1) is 7.30. The molecule has 0 saturated heterocycles. The van der Waals surface area contributed by atoms with E-state index in [2.05, 4.69) is 4.98 Å². The van der Waals surface area contributed by atoms with Crippen molar-refractivity contribution >= 4 is 21.9 Å². The van der Waals surface area contributed by atoms with Crippen molar-refractivity contribution in [3.63, 3.8) is 0 Å². The molecule has 1 heterocycles. The number of aryl methyl sites for hydroxylation is 1. The van der Waals surface area contributed by atoms with Gasteiger partial charge in [0.1, 0.15) is 0 Å². The molecule has 0 radical (unpaired) electrons. The predicted octanol–water partition coefficient (Wildman–Crippen LogP) is 0.860. The summed E-state index contributed by atoms with van der Waals surface area (Å²) in [5.41, 5.74) is 1.18. The molecule has 1 rings (SSSR count). The summed E-state index contributed by atoms with van der Waals surface area (Å²) < 4.78 is 22.4. The fourth-order valence-corrected chi connectivity index (χ4v) is 1.80. The van der Waals surface area contributed by atoms with Crippen molar-refractivity contribution in [1.82, 2.24) is 4.98 Å². The SMILES string of the molecule is Cc1cc(C=C(C(=O)O)S(C)(=O)=O)ccn1. The van der Waals surface area contributed by atoms with Crippen LogP contribution in [0.15, 0.2) is 23.2 Å². The third-order valence-electron chi connectivity index (χ3n) is 1.83. The van der Waals surface area contributed by atoms with Crippen LogP contribution < -0.4 is 0 Å². The van der Waals surface area contributed by atoms with Gasteiger partial charge in [0, 0.05) is 18.1 Å². The molecule has 0 aliphatic rings. The van der Waals surface area contributed by atoms with Crippen LogP contribution in [0.2, 0.25) is 0 Å². The number of aromatic nitrogens is 1. The molecule has 1 N–H and O–H groups in total. The molecule has 16 heavy (non-hydrogen) atoms. The lowest BCUT2D eigenvalue weighted by atomic mass is 10.2. The van der Waals surface area contributed by atoms with Gasteiger partial charge in [-0.15, -0.1) is 0 Å². The zero-order valence-corrected chi connectivity index (χ0v) is 9.65. The number of nitrogens with zero attached hydrogens (tertiary/aromatic N) is 1. The minimum absolute atomic E-state index is 0.496. The van der Waals surface area contributed by atoms with Crippen LogP contribution in [0, 0.1) is 6.92 Å². The van der Waals surface area contributed by atoms with E-state index < -0.39 is 20.7 Å². The Labute approximate surface area is 93.4 Å². The van der Waals surface area contributed by atoms with E-state index in [1.165, 1.54) is 6.20 Å². The van der Waals surface area contributed by atoms with Gasteiger partial charge in [0.25, 0.3) is 0 Å². The van der Waals surface area contributed by atoms with Crippen molar-refractivity contribution in [2.24, 2.45) is 0 Å². The molecule has 5 nitrogen and oxygen atoms in total. The minimum Gasteiger partial charge on any atom is -0.477 e. The Bertz CT molecular complexity index is 546. The van der Waals surface area contributed by atoms with Crippen molar-refractivity contribution in [2.75, 3.05) is 6.26 Å². The lowest BCUT2D eigenvalue weighted by Crippen LogP contribution is -2.10. The fraction of sp³-hybridized carbons (Fsp3) is 0.200. The Hall–Kier alpha value is -1.69. The Morgan fingerprint density at radius 2 is 2.12 bits per heavy atom. The van der Waals surface area contributed by atoms with Crippen molar-refractivity contribution in [1.29, 1.82) is 0 Å². The number of sulfone groups is 1. The van der Waals surface area contributed by atoms with Crippen LogP contribution in [0.1, 0.15) is 11.3 Å². The van der Waals surface area contributed by atoms with Gasteiger partial charge in [-0.05, 0) is 30.7 Å². The number of carboxylic acid groups (broad SMARTS) is 1. The molecule has 0 aliphatic carbocycles. The van der Waals surface area contributed by atoms with E-state index in [-0.39, 0.29) is 0 Å². The number of hydrogen-bond acceptors (Lipinski definition) is 4. The van der Waals surface area contributed by atoms with Crippen LogP contribution in [-0.2, 0) is 14.6 Å². The van der Waals surface area contributed by atoms with Gasteiger partial charge < -0.3 is 5.11 Å². The van der Waals surface area contributed by atoms with Crippen LogP contribution in [0.4, 0.5) is 0 Å². The van der Waals surface area contributed by atoms with E-state index in [0.29, 0.717) is 11.3 Å². The molecule has 0 amide bonds. The summed E-state index contributed by atoms with van der Waals surface area (Å²) in [5.74, 6) is -1.46. The summed E-state index contributed by atoms with van der Waals surface area (Å²) in [5, 5.41) is 8.78. The molecule has 1 aromatic heterocycles. The lowest BCUT2D eigenvalue weighted by molar-refractivity contribution is -0.131. The zero-order valence-electron chi connectivity index (χ0n) is 8.84. The van der Waals surface area contributed by atoms with E-state index in [0.717, 1.165) is 12.3 Å². The zero-order chi connectivity index (χ0) is 12.3. The number of pyridine rings is 1. The first-order valence-corrected chi connectivity index (χ1v) is 6.27. The quantitative estimate of drug-likeness (QED) is 0.793. The predicted molar refractivity (Wildman–Crippen MR) is 59.4 cm³/mol. The van der Waals surface area contributed by atoms with Gasteiger partial charge >= 0.3 is 5.97 Å². The standard InChI is InChI=1S/C10H11NO4S/c1-7-5-8(3-4-11-7)6-9(10(12)13)16(2,14)15/h3-6H,1-2H3,(H,12,13). The molecule has 6 heteroatoms. The summed E-state index contributed by atoms with van der Waals surface area (Å²) >= 11 is 0. The monoisotopic (exact) mass is 241 g/mol. The largest absolute Gasteiger partial charge is 0.477 e. The van der Waals surface area contributed by atoms with E-state index in [4.69, 9.17) is 5.11 Å². The maximum absolute atomic E-state index is 11.2. The number of hydrogen-bond donors (Lipinski definition) is 1. The molecule has 86 valence electrons. The smallest absolute Gasteiger partial charge is 0.347 e. The van der Waals surface area contributed by atoms with Crippen molar-refractivity contribution < 1.29 is 18.3 Å². The summed E-state index contributed by atoms with van der Waals surface area (Å²) in [6, 6.07) is 3.15. The van der Waals surface area contributed by atoms with Gasteiger partial charge in [-0.1, -0.05) is 0 Å². The van der Waals surface area contributed by atoms with Gasteiger partial charge in [-0.25, -0.2) is 13.2 Å². The van der Waals surface area contributed by atoms with Crippen LogP contribution >= 0.6 is 0 Å². The molecule has 0 spiro atoms. The maximum atomic E-state index is 11.2. The van der Waals surface area contributed by atoms with Crippen LogP contribution in [0.3, 0.4) is 0 Å². The average molecular weight is 241 g/mol. The normalized spacial score (nSPS) is 12.5. The van der Waals surface area contributed by atoms with Crippen molar-refractivity contribution in [2.45, 2.75) is 6.92 Å². The Morgan fingerprint density at radius 1 is 1.50 bits per heavy atom. The summed E-state index contributed by atoms with van der Waals surface area (Å²) in [7, 11) is -3.73. The highest BCUT2D eigenvalue weighted by Crippen LogP contribution is 2.12. The van der Waals surface area contributed by atoms with E-state index >= 15 is 0 Å². The van der Waals surface area contributed by atoms with Crippen LogP contribution in [-0.4, -0.2) is 30.7 Å². The van der Waals surface area contributed by atoms with Gasteiger partial charge in [0.2, 0.25) is 0 Å². The highest BCUT2D eigenvalue weighted by Gasteiger charge is 2.19. The molecule has 0 aliphatic heterocycles. The fourth-order valence-electron chi connectivity index (χ4n) is 1.14. The Kier molecular flexibility index (Phi) is 3.44. The first-order valence-electron chi connectivity index (χ1n) is 4.38. The van der Waals surface area contributed by atoms with Crippen molar-refractivity contribution in [3.05, 3.63) is 34.5 Å². The molecular weight excluding hydrogens is 230 g/mol. The topological polar surface area (TPSA) is 84.3 Å². The highest BCUT2D eigenvalue weighted by molar-refractivity contribution is 7.95. The first kappa shape index (κ1) is 12.4. The Morgan fingerprint density at radius 3 is 2.56 bits per heavy atom. The van der Waals surface area contributed by atoms with Gasteiger partial charge in [-0.2, -0.15) is 0 Å². The molecule has 0 fully saturated rings. The molecular formula is C10H11NO4S. The third-order valence-corrected chi connectivity index (χ3v) is 2.92. The highest BCUT2D eigenvalue weighted by atomic mass is 32.2. The van der Waals surface area contributed by atoms with E-state index in [1.54, 1.807) is 19.1 Å². The maximum Gasteiger partial charge on any atom is 0.347 e. The second-order valence-corrected chi connectivity index (χ2v) is 5.30. The van der Waals surface area contributed by atoms with Crippen molar-refractivity contribution in [3.8, 4) is 0 Å². The van der Waals surface area contributed by atoms with E-state index in [1.807, 2.05) is 0 Å².